The number of imidazole rings is 1. The lowest BCUT2D eigenvalue weighted by Crippen LogP contribution is -2.24. The molecule has 1 unspecified atom stereocenters. The molecular weight excluding hydrogens is 222 g/mol. The molecule has 0 bridgehead atoms. The van der Waals surface area contributed by atoms with E-state index in [4.69, 9.17) is 0 Å². The van der Waals surface area contributed by atoms with E-state index in [1.165, 1.54) is 5.69 Å². The number of H-pyrrole nitrogens is 1. The zero-order valence-electron chi connectivity index (χ0n) is 11.3. The average Bonchev–Trinajstić information content (AvgIpc) is 2.90. The summed E-state index contributed by atoms with van der Waals surface area (Å²) in [5.41, 5.74) is 3.40. The molecule has 96 valence electrons. The van der Waals surface area contributed by atoms with Gasteiger partial charge in [-0.15, -0.1) is 0 Å². The van der Waals surface area contributed by atoms with Crippen molar-refractivity contribution in [2.45, 2.75) is 33.2 Å². The Morgan fingerprint density at radius 3 is 2.44 bits per heavy atom. The van der Waals surface area contributed by atoms with Crippen LogP contribution in [0.1, 0.15) is 27.2 Å². The Labute approximate surface area is 109 Å². The third-order valence-corrected chi connectivity index (χ3v) is 3.29. The zero-order chi connectivity index (χ0) is 13.0. The van der Waals surface area contributed by atoms with Crippen LogP contribution in [-0.2, 0) is 0 Å². The summed E-state index contributed by atoms with van der Waals surface area (Å²) in [5, 5.41) is 3.57. The van der Waals surface area contributed by atoms with Crippen molar-refractivity contribution in [1.82, 2.24) is 9.97 Å². The molecule has 0 aliphatic carbocycles. The van der Waals surface area contributed by atoms with E-state index >= 15 is 0 Å². The van der Waals surface area contributed by atoms with Gasteiger partial charge in [0.05, 0.1) is 18.2 Å². The number of hydrogen-bond donors (Lipinski definition) is 2. The number of nitrogens with one attached hydrogen (secondary N) is 2. The van der Waals surface area contributed by atoms with Gasteiger partial charge < -0.3 is 10.3 Å². The van der Waals surface area contributed by atoms with Gasteiger partial charge in [-0.2, -0.15) is 0 Å². The van der Waals surface area contributed by atoms with Gasteiger partial charge in [0.25, 0.3) is 0 Å². The Morgan fingerprint density at radius 1 is 1.22 bits per heavy atom. The van der Waals surface area contributed by atoms with Crippen molar-refractivity contribution in [2.75, 3.05) is 5.32 Å². The predicted octanol–water partition coefficient (Wildman–Crippen LogP) is 3.92. The second-order valence-corrected chi connectivity index (χ2v) is 4.95. The maximum atomic E-state index is 4.03. The molecule has 0 aliphatic heterocycles. The van der Waals surface area contributed by atoms with Gasteiger partial charge in [0.1, 0.15) is 0 Å². The van der Waals surface area contributed by atoms with Crippen LogP contribution < -0.4 is 5.32 Å². The van der Waals surface area contributed by atoms with Crippen LogP contribution >= 0.6 is 0 Å². The van der Waals surface area contributed by atoms with Gasteiger partial charge in [-0.3, -0.25) is 0 Å². The lowest BCUT2D eigenvalue weighted by Gasteiger charge is -2.22. The molecule has 0 radical (unpaired) electrons. The molecule has 0 fully saturated rings. The fraction of sp³-hybridized carbons (Fsp3) is 0.400. The summed E-state index contributed by atoms with van der Waals surface area (Å²) in [6.45, 7) is 6.72. The molecule has 3 nitrogen and oxygen atoms in total. The molecule has 2 N–H and O–H groups in total. The molecule has 2 rings (SSSR count). The first-order valence-electron chi connectivity index (χ1n) is 6.56. The normalized spacial score (nSPS) is 12.7. The van der Waals surface area contributed by atoms with Gasteiger partial charge in [-0.1, -0.05) is 32.9 Å². The summed E-state index contributed by atoms with van der Waals surface area (Å²) in [4.78, 5) is 7.15. The Hall–Kier alpha value is -1.77. The minimum Gasteiger partial charge on any atom is -0.382 e. The van der Waals surface area contributed by atoms with E-state index in [2.05, 4.69) is 60.3 Å². The Kier molecular flexibility index (Phi) is 4.03. The summed E-state index contributed by atoms with van der Waals surface area (Å²) in [7, 11) is 0. The maximum absolute atomic E-state index is 4.03. The third kappa shape index (κ3) is 2.92. The lowest BCUT2D eigenvalue weighted by molar-refractivity contribution is 0.511. The van der Waals surface area contributed by atoms with Gasteiger partial charge in [0.2, 0.25) is 0 Å². The molecular formula is C15H21N3. The smallest absolute Gasteiger partial charge is 0.0924 e. The maximum Gasteiger partial charge on any atom is 0.0924 e. The lowest BCUT2D eigenvalue weighted by atomic mass is 10.0. The highest BCUT2D eigenvalue weighted by molar-refractivity contribution is 5.62. The molecule has 2 aromatic rings. The second-order valence-electron chi connectivity index (χ2n) is 4.95. The second kappa shape index (κ2) is 5.71. The number of benzene rings is 1. The van der Waals surface area contributed by atoms with Crippen molar-refractivity contribution in [2.24, 2.45) is 5.92 Å². The van der Waals surface area contributed by atoms with E-state index in [0.29, 0.717) is 12.0 Å². The molecule has 1 aromatic heterocycles. The summed E-state index contributed by atoms with van der Waals surface area (Å²) >= 11 is 0. The standard InChI is InChI=1S/C15H21N3/c1-4-14(11(2)3)18-13-7-5-12(6-8-13)15-9-16-10-17-15/h5-11,14,18H,4H2,1-3H3,(H,16,17). The molecule has 18 heavy (non-hydrogen) atoms. The van der Waals surface area contributed by atoms with Crippen LogP contribution in [0.4, 0.5) is 5.69 Å². The average molecular weight is 243 g/mol. The highest BCUT2D eigenvalue weighted by Gasteiger charge is 2.10. The predicted molar refractivity (Wildman–Crippen MR) is 76.6 cm³/mol. The fourth-order valence-electron chi connectivity index (χ4n) is 2.11. The van der Waals surface area contributed by atoms with Crippen molar-refractivity contribution in [3.8, 4) is 11.3 Å². The molecule has 1 atom stereocenters. The van der Waals surface area contributed by atoms with Crippen LogP contribution in [0.15, 0.2) is 36.8 Å². The summed E-state index contributed by atoms with van der Waals surface area (Å²) < 4.78 is 0. The van der Waals surface area contributed by atoms with Crippen LogP contribution in [0.2, 0.25) is 0 Å². The number of hydrogen-bond acceptors (Lipinski definition) is 2. The summed E-state index contributed by atoms with van der Waals surface area (Å²) in [6.07, 6.45) is 4.68. The van der Waals surface area contributed by atoms with E-state index in [9.17, 15) is 0 Å². The molecule has 0 amide bonds. The number of nitrogens with zero attached hydrogens (tertiary/aromatic N) is 1. The quantitative estimate of drug-likeness (QED) is 0.835. The van der Waals surface area contributed by atoms with Crippen LogP contribution in [0, 0.1) is 5.92 Å². The Balaban J connectivity index is 2.08. The van der Waals surface area contributed by atoms with E-state index in [-0.39, 0.29) is 0 Å². The number of aromatic nitrogens is 2. The van der Waals surface area contributed by atoms with Gasteiger partial charge in [-0.25, -0.2) is 4.98 Å². The number of anilines is 1. The van der Waals surface area contributed by atoms with Crippen molar-refractivity contribution in [1.29, 1.82) is 0 Å². The molecule has 0 saturated carbocycles. The SMILES string of the molecule is CCC(Nc1ccc(-c2cnc[nH]2)cc1)C(C)C. The topological polar surface area (TPSA) is 40.7 Å². The Bertz CT molecular complexity index is 457. The van der Waals surface area contributed by atoms with Crippen molar-refractivity contribution in [3.63, 3.8) is 0 Å². The molecule has 1 aromatic carbocycles. The monoisotopic (exact) mass is 243 g/mol. The van der Waals surface area contributed by atoms with Gasteiger partial charge >= 0.3 is 0 Å². The zero-order valence-corrected chi connectivity index (χ0v) is 11.3. The van der Waals surface area contributed by atoms with Crippen LogP contribution in [0.25, 0.3) is 11.3 Å². The fourth-order valence-corrected chi connectivity index (χ4v) is 2.11. The van der Waals surface area contributed by atoms with Crippen LogP contribution in [0.5, 0.6) is 0 Å². The van der Waals surface area contributed by atoms with Crippen LogP contribution in [-0.4, -0.2) is 16.0 Å². The van der Waals surface area contributed by atoms with E-state index in [1.807, 2.05) is 6.20 Å². The molecule has 0 spiro atoms. The van der Waals surface area contributed by atoms with Gasteiger partial charge in [0.15, 0.2) is 0 Å². The van der Waals surface area contributed by atoms with Gasteiger partial charge in [-0.05, 0) is 30.0 Å². The minimum atomic E-state index is 0.531. The van der Waals surface area contributed by atoms with E-state index < -0.39 is 0 Å². The van der Waals surface area contributed by atoms with E-state index in [0.717, 1.165) is 17.7 Å². The highest BCUT2D eigenvalue weighted by Crippen LogP contribution is 2.20. The minimum absolute atomic E-state index is 0.531. The number of aromatic amines is 1. The highest BCUT2D eigenvalue weighted by atomic mass is 14.9. The molecule has 1 heterocycles. The van der Waals surface area contributed by atoms with Crippen LogP contribution in [0.3, 0.4) is 0 Å². The first kappa shape index (κ1) is 12.7. The number of rotatable bonds is 5. The molecule has 0 aliphatic rings. The Morgan fingerprint density at radius 2 is 1.94 bits per heavy atom. The van der Waals surface area contributed by atoms with Crippen molar-refractivity contribution >= 4 is 5.69 Å². The molecule has 0 saturated heterocycles. The van der Waals surface area contributed by atoms with Crippen molar-refractivity contribution < 1.29 is 0 Å². The van der Waals surface area contributed by atoms with E-state index in [1.54, 1.807) is 6.33 Å². The largest absolute Gasteiger partial charge is 0.382 e. The first-order valence-corrected chi connectivity index (χ1v) is 6.56. The summed E-state index contributed by atoms with van der Waals surface area (Å²) in [6, 6.07) is 9.01. The third-order valence-electron chi connectivity index (χ3n) is 3.29. The van der Waals surface area contributed by atoms with Gasteiger partial charge in [0, 0.05) is 11.7 Å². The summed E-state index contributed by atoms with van der Waals surface area (Å²) in [5.74, 6) is 0.641. The van der Waals surface area contributed by atoms with Crippen molar-refractivity contribution in [3.05, 3.63) is 36.8 Å². The molecule has 3 heteroatoms. The first-order chi connectivity index (χ1) is 8.70.